The van der Waals surface area contributed by atoms with Gasteiger partial charge in [0.05, 0.1) is 25.8 Å². The van der Waals surface area contributed by atoms with Gasteiger partial charge in [0, 0.05) is 52.9 Å². The minimum Gasteiger partial charge on any atom is -0.457 e. The molecule has 0 bridgehead atoms. The summed E-state index contributed by atoms with van der Waals surface area (Å²) in [7, 11) is -1.45. The number of hydrogen-bond acceptors (Lipinski definition) is 4. The molecule has 0 saturated heterocycles. The van der Waals surface area contributed by atoms with E-state index in [1.54, 1.807) is 0 Å². The number of anilines is 2. The molecule has 7 rings (SSSR count). The molecule has 1 aliphatic rings. The second-order valence-corrected chi connectivity index (χ2v) is 18.0. The van der Waals surface area contributed by atoms with E-state index in [0.717, 1.165) is 40.7 Å². The predicted octanol–water partition coefficient (Wildman–Crippen LogP) is 9.20. The average molecular weight is 595 g/mol. The first-order valence-electron chi connectivity index (χ1n) is 15.2. The van der Waals surface area contributed by atoms with Crippen molar-refractivity contribution in [3.8, 4) is 17.3 Å². The second kappa shape index (κ2) is 10.7. The lowest BCUT2D eigenvalue weighted by molar-refractivity contribution is 0.483. The normalized spacial score (nSPS) is 13.4. The number of aryl methyl sites for hydroxylation is 3. The van der Waals surface area contributed by atoms with Crippen LogP contribution in [0.15, 0.2) is 110 Å². The van der Waals surface area contributed by atoms with Gasteiger partial charge >= 0.3 is 0 Å². The standard InChI is InChI=1S/C38H38N4OSi/c1-26-20-27(2)38(28(3)21-26)41-19-18-40(25-41)29-10-9-11-30(22-29)43-31-14-16-34-33-12-7-8-13-35(33)42(36(34)23-31)37-17-15-32(24-39-37)44(4,5)6/h7-24H,25H2,1-6H3. The lowest BCUT2D eigenvalue weighted by atomic mass is 10.0. The van der Waals surface area contributed by atoms with Crippen molar-refractivity contribution >= 4 is 46.4 Å². The zero-order valence-corrected chi connectivity index (χ0v) is 27.3. The molecule has 6 aromatic rings. The first kappa shape index (κ1) is 28.0. The Labute approximate surface area is 260 Å². The number of aromatic nitrogens is 2. The smallest absolute Gasteiger partial charge is 0.137 e. The molecule has 0 unspecified atom stereocenters. The maximum absolute atomic E-state index is 6.51. The predicted molar refractivity (Wildman–Crippen MR) is 188 cm³/mol. The van der Waals surface area contributed by atoms with Crippen molar-refractivity contribution in [2.45, 2.75) is 40.4 Å². The molecule has 0 aliphatic carbocycles. The third kappa shape index (κ3) is 5.05. The summed E-state index contributed by atoms with van der Waals surface area (Å²) >= 11 is 0. The van der Waals surface area contributed by atoms with Crippen molar-refractivity contribution in [1.29, 1.82) is 0 Å². The first-order chi connectivity index (χ1) is 21.2. The Kier molecular flexibility index (Phi) is 6.82. The number of rotatable bonds is 6. The lowest BCUT2D eigenvalue weighted by Gasteiger charge is -2.25. The molecule has 0 fully saturated rings. The molecule has 1 aliphatic heterocycles. The Morgan fingerprint density at radius 1 is 0.682 bits per heavy atom. The topological polar surface area (TPSA) is 33.5 Å². The maximum atomic E-state index is 6.51. The molecule has 44 heavy (non-hydrogen) atoms. The van der Waals surface area contributed by atoms with Crippen molar-refractivity contribution in [2.24, 2.45) is 0 Å². The van der Waals surface area contributed by atoms with Crippen LogP contribution in [0.25, 0.3) is 27.6 Å². The van der Waals surface area contributed by atoms with Gasteiger partial charge in [-0.3, -0.25) is 4.57 Å². The minimum atomic E-state index is -1.45. The fourth-order valence-electron chi connectivity index (χ4n) is 6.44. The summed E-state index contributed by atoms with van der Waals surface area (Å²) in [6, 6.07) is 32.1. The van der Waals surface area contributed by atoms with Crippen LogP contribution in [0.3, 0.4) is 0 Å². The second-order valence-electron chi connectivity index (χ2n) is 12.9. The highest BCUT2D eigenvalue weighted by molar-refractivity contribution is 6.88. The van der Waals surface area contributed by atoms with Crippen LogP contribution in [0, 0.1) is 20.8 Å². The summed E-state index contributed by atoms with van der Waals surface area (Å²) in [5, 5.41) is 3.74. The fraction of sp³-hybridized carbons (Fsp3) is 0.184. The monoisotopic (exact) mass is 594 g/mol. The number of nitrogens with zero attached hydrogens (tertiary/aromatic N) is 4. The van der Waals surface area contributed by atoms with Gasteiger partial charge in [0.1, 0.15) is 17.3 Å². The summed E-state index contributed by atoms with van der Waals surface area (Å²) in [6.45, 7) is 14.3. The highest BCUT2D eigenvalue weighted by Crippen LogP contribution is 2.36. The Bertz CT molecular complexity index is 2030. The summed E-state index contributed by atoms with van der Waals surface area (Å²) in [5.41, 5.74) is 8.46. The Hall–Kier alpha value is -4.81. The molecule has 0 radical (unpaired) electrons. The fourth-order valence-corrected chi connectivity index (χ4v) is 7.48. The van der Waals surface area contributed by atoms with E-state index < -0.39 is 8.07 Å². The third-order valence-electron chi connectivity index (χ3n) is 8.53. The molecular formula is C38H38N4OSi. The average Bonchev–Trinajstić information content (AvgIpc) is 3.59. The minimum absolute atomic E-state index is 0.754. The zero-order chi connectivity index (χ0) is 30.6. The lowest BCUT2D eigenvalue weighted by Crippen LogP contribution is -2.37. The van der Waals surface area contributed by atoms with Gasteiger partial charge in [-0.15, -0.1) is 0 Å². The van der Waals surface area contributed by atoms with E-state index in [1.165, 1.54) is 38.3 Å². The molecule has 0 atom stereocenters. The Morgan fingerprint density at radius 3 is 2.16 bits per heavy atom. The van der Waals surface area contributed by atoms with Crippen molar-refractivity contribution in [1.82, 2.24) is 9.55 Å². The maximum Gasteiger partial charge on any atom is 0.137 e. The molecule has 0 amide bonds. The molecule has 6 heteroatoms. The Morgan fingerprint density at radius 2 is 1.41 bits per heavy atom. The van der Waals surface area contributed by atoms with Crippen molar-refractivity contribution in [3.05, 3.63) is 126 Å². The number of fused-ring (bicyclic) bond motifs is 3. The highest BCUT2D eigenvalue weighted by atomic mass is 28.3. The molecule has 220 valence electrons. The molecule has 2 aromatic heterocycles. The SMILES string of the molecule is Cc1cc(C)c(N2C=CN(c3cccc(Oc4ccc5c6ccccc6n(-c6ccc([Si](C)(C)C)cn6)c5c4)c3)C2)c(C)c1. The van der Waals surface area contributed by atoms with Crippen molar-refractivity contribution in [3.63, 3.8) is 0 Å². The van der Waals surface area contributed by atoms with E-state index >= 15 is 0 Å². The van der Waals surface area contributed by atoms with Crippen LogP contribution < -0.4 is 19.7 Å². The van der Waals surface area contributed by atoms with E-state index in [2.05, 4.69) is 158 Å². The van der Waals surface area contributed by atoms with E-state index in [4.69, 9.17) is 9.72 Å². The van der Waals surface area contributed by atoms with Crippen LogP contribution in [0.4, 0.5) is 11.4 Å². The molecule has 0 N–H and O–H groups in total. The molecule has 4 aromatic carbocycles. The van der Waals surface area contributed by atoms with Crippen molar-refractivity contribution in [2.75, 3.05) is 16.5 Å². The van der Waals surface area contributed by atoms with E-state index in [0.29, 0.717) is 0 Å². The summed E-state index contributed by atoms with van der Waals surface area (Å²) in [4.78, 5) is 9.51. The molecule has 5 nitrogen and oxygen atoms in total. The van der Waals surface area contributed by atoms with Crippen LogP contribution >= 0.6 is 0 Å². The van der Waals surface area contributed by atoms with Crippen molar-refractivity contribution < 1.29 is 4.74 Å². The van der Waals surface area contributed by atoms with E-state index in [-0.39, 0.29) is 0 Å². The number of pyridine rings is 1. The van der Waals surface area contributed by atoms with Gasteiger partial charge in [-0.25, -0.2) is 4.98 Å². The van der Waals surface area contributed by atoms with Crippen LogP contribution in [-0.2, 0) is 0 Å². The van der Waals surface area contributed by atoms with Crippen LogP contribution in [0.5, 0.6) is 11.5 Å². The number of hydrogen-bond donors (Lipinski definition) is 0. The summed E-state index contributed by atoms with van der Waals surface area (Å²) in [5.74, 6) is 2.51. The summed E-state index contributed by atoms with van der Waals surface area (Å²) < 4.78 is 8.76. The van der Waals surface area contributed by atoms with Gasteiger partial charge in [0.15, 0.2) is 0 Å². The van der Waals surface area contributed by atoms with Gasteiger partial charge in [-0.1, -0.05) is 67.7 Å². The molecule has 3 heterocycles. The van der Waals surface area contributed by atoms with Crippen LogP contribution in [-0.4, -0.2) is 24.3 Å². The van der Waals surface area contributed by atoms with Gasteiger partial charge in [-0.2, -0.15) is 0 Å². The first-order valence-corrected chi connectivity index (χ1v) is 18.7. The number of ether oxygens (including phenoxy) is 1. The zero-order valence-electron chi connectivity index (χ0n) is 26.3. The third-order valence-corrected chi connectivity index (χ3v) is 10.6. The highest BCUT2D eigenvalue weighted by Gasteiger charge is 2.20. The largest absolute Gasteiger partial charge is 0.457 e. The van der Waals surface area contributed by atoms with E-state index in [9.17, 15) is 0 Å². The van der Waals surface area contributed by atoms with Crippen LogP contribution in [0.2, 0.25) is 19.6 Å². The van der Waals surface area contributed by atoms with Gasteiger partial charge in [0.2, 0.25) is 0 Å². The van der Waals surface area contributed by atoms with Crippen LogP contribution in [0.1, 0.15) is 16.7 Å². The summed E-state index contributed by atoms with van der Waals surface area (Å²) in [6.07, 6.45) is 6.36. The quantitative estimate of drug-likeness (QED) is 0.180. The Balaban J connectivity index is 1.19. The van der Waals surface area contributed by atoms with Gasteiger partial charge in [0.25, 0.3) is 0 Å². The number of benzene rings is 4. The molecular weight excluding hydrogens is 557 g/mol. The van der Waals surface area contributed by atoms with Gasteiger partial charge < -0.3 is 14.5 Å². The molecule has 0 saturated carbocycles. The number of para-hydroxylation sites is 1. The van der Waals surface area contributed by atoms with Gasteiger partial charge in [-0.05, 0) is 73.5 Å². The molecule has 0 spiro atoms. The van der Waals surface area contributed by atoms with E-state index in [1.807, 2.05) is 6.07 Å².